The van der Waals surface area contributed by atoms with Gasteiger partial charge in [-0.3, -0.25) is 14.6 Å². The molecule has 1 aromatic heterocycles. The van der Waals surface area contributed by atoms with Gasteiger partial charge in [0, 0.05) is 19.3 Å². The first kappa shape index (κ1) is 12.5. The van der Waals surface area contributed by atoms with Crippen molar-refractivity contribution in [2.24, 2.45) is 0 Å². The molecule has 0 atom stereocenters. The lowest BCUT2D eigenvalue weighted by Crippen LogP contribution is -2.47. The highest BCUT2D eigenvalue weighted by molar-refractivity contribution is 6.34. The van der Waals surface area contributed by atoms with Crippen LogP contribution in [0.4, 0.5) is 0 Å². The van der Waals surface area contributed by atoms with Crippen LogP contribution >= 0.6 is 0 Å². The Labute approximate surface area is 105 Å². The maximum Gasteiger partial charge on any atom is 0.312 e. The standard InChI is InChI=1S/C12H15N3O3/c16-11(12(17)15-5-7-18-8-6-15)14-9-10-3-1-2-4-13-10/h1-4H,5-9H2,(H,14,16). The number of hydrogen-bond donors (Lipinski definition) is 1. The third kappa shape index (κ3) is 3.27. The highest BCUT2D eigenvalue weighted by Gasteiger charge is 2.23. The summed E-state index contributed by atoms with van der Waals surface area (Å²) < 4.78 is 5.12. The van der Waals surface area contributed by atoms with E-state index in [4.69, 9.17) is 4.74 Å². The smallest absolute Gasteiger partial charge is 0.312 e. The van der Waals surface area contributed by atoms with Crippen LogP contribution in [0.25, 0.3) is 0 Å². The first-order valence-electron chi connectivity index (χ1n) is 5.82. The third-order valence-corrected chi connectivity index (χ3v) is 2.65. The molecule has 0 aromatic carbocycles. The van der Waals surface area contributed by atoms with Gasteiger partial charge >= 0.3 is 11.8 Å². The predicted molar refractivity (Wildman–Crippen MR) is 63.5 cm³/mol. The van der Waals surface area contributed by atoms with E-state index in [-0.39, 0.29) is 6.54 Å². The Morgan fingerprint density at radius 1 is 1.33 bits per heavy atom. The van der Waals surface area contributed by atoms with E-state index in [0.29, 0.717) is 26.3 Å². The average Bonchev–Trinajstić information content (AvgIpc) is 2.46. The van der Waals surface area contributed by atoms with Crippen molar-refractivity contribution in [3.05, 3.63) is 30.1 Å². The number of carbonyl (C=O) groups is 2. The molecule has 6 nitrogen and oxygen atoms in total. The van der Waals surface area contributed by atoms with Crippen molar-refractivity contribution in [2.75, 3.05) is 26.3 Å². The van der Waals surface area contributed by atoms with Crippen molar-refractivity contribution in [1.82, 2.24) is 15.2 Å². The Morgan fingerprint density at radius 2 is 2.11 bits per heavy atom. The maximum atomic E-state index is 11.8. The fourth-order valence-corrected chi connectivity index (χ4v) is 1.66. The van der Waals surface area contributed by atoms with Gasteiger partial charge in [-0.1, -0.05) is 6.07 Å². The minimum Gasteiger partial charge on any atom is -0.378 e. The molecule has 1 aliphatic heterocycles. The lowest BCUT2D eigenvalue weighted by molar-refractivity contribution is -0.148. The molecule has 0 spiro atoms. The first-order chi connectivity index (χ1) is 8.77. The molecule has 0 bridgehead atoms. The van der Waals surface area contributed by atoms with Crippen LogP contribution in [-0.4, -0.2) is 48.0 Å². The van der Waals surface area contributed by atoms with Crippen molar-refractivity contribution in [1.29, 1.82) is 0 Å². The molecule has 0 radical (unpaired) electrons. The quantitative estimate of drug-likeness (QED) is 0.721. The van der Waals surface area contributed by atoms with Crippen molar-refractivity contribution < 1.29 is 14.3 Å². The Kier molecular flexibility index (Phi) is 4.25. The number of nitrogens with one attached hydrogen (secondary N) is 1. The highest BCUT2D eigenvalue weighted by Crippen LogP contribution is 1.98. The van der Waals surface area contributed by atoms with Gasteiger partial charge in [-0.15, -0.1) is 0 Å². The fourth-order valence-electron chi connectivity index (χ4n) is 1.66. The Hall–Kier alpha value is -1.95. The van der Waals surface area contributed by atoms with Gasteiger partial charge in [0.05, 0.1) is 25.5 Å². The summed E-state index contributed by atoms with van der Waals surface area (Å²) in [5.41, 5.74) is 0.723. The second kappa shape index (κ2) is 6.11. The normalized spacial score (nSPS) is 15.2. The number of aromatic nitrogens is 1. The summed E-state index contributed by atoms with van der Waals surface area (Å²) in [4.78, 5) is 29.0. The number of rotatable bonds is 2. The molecule has 1 aliphatic rings. The van der Waals surface area contributed by atoms with Crippen LogP contribution in [0.5, 0.6) is 0 Å². The summed E-state index contributed by atoms with van der Waals surface area (Å²) in [7, 11) is 0. The Balaban J connectivity index is 1.82. The monoisotopic (exact) mass is 249 g/mol. The Morgan fingerprint density at radius 3 is 2.78 bits per heavy atom. The fraction of sp³-hybridized carbons (Fsp3) is 0.417. The third-order valence-electron chi connectivity index (χ3n) is 2.65. The molecule has 0 saturated carbocycles. The molecule has 2 heterocycles. The van der Waals surface area contributed by atoms with Gasteiger partial charge in [0.2, 0.25) is 0 Å². The molecule has 0 unspecified atom stereocenters. The Bertz CT molecular complexity index is 416. The van der Waals surface area contributed by atoms with Gasteiger partial charge in [-0.25, -0.2) is 0 Å². The summed E-state index contributed by atoms with van der Waals surface area (Å²) in [5.74, 6) is -1.10. The molecule has 96 valence electrons. The van der Waals surface area contributed by atoms with Crippen molar-refractivity contribution in [3.8, 4) is 0 Å². The van der Waals surface area contributed by atoms with Crippen molar-refractivity contribution in [3.63, 3.8) is 0 Å². The number of nitrogens with zero attached hydrogens (tertiary/aromatic N) is 2. The van der Waals surface area contributed by atoms with Gasteiger partial charge in [0.15, 0.2) is 0 Å². The van der Waals surface area contributed by atoms with E-state index in [1.54, 1.807) is 18.3 Å². The van der Waals surface area contributed by atoms with Crippen LogP contribution in [0.1, 0.15) is 5.69 Å². The van der Waals surface area contributed by atoms with Gasteiger partial charge in [0.25, 0.3) is 0 Å². The molecule has 1 aromatic rings. The predicted octanol–water partition coefficient (Wildman–Crippen LogP) is -0.443. The molecule has 2 amide bonds. The van der Waals surface area contributed by atoms with Crippen LogP contribution in [0, 0.1) is 0 Å². The summed E-state index contributed by atoms with van der Waals surface area (Å²) in [6, 6.07) is 5.42. The highest BCUT2D eigenvalue weighted by atomic mass is 16.5. The summed E-state index contributed by atoms with van der Waals surface area (Å²) in [6.45, 7) is 2.17. The second-order valence-electron chi connectivity index (χ2n) is 3.91. The van der Waals surface area contributed by atoms with Crippen molar-refractivity contribution in [2.45, 2.75) is 6.54 Å². The molecule has 0 aliphatic carbocycles. The van der Waals surface area contributed by atoms with Crippen LogP contribution < -0.4 is 5.32 Å². The molecule has 1 saturated heterocycles. The SMILES string of the molecule is O=C(NCc1ccccn1)C(=O)N1CCOCC1. The minimum atomic E-state index is -0.595. The number of morpholine rings is 1. The van der Waals surface area contributed by atoms with E-state index >= 15 is 0 Å². The number of hydrogen-bond acceptors (Lipinski definition) is 4. The van der Waals surface area contributed by atoms with Crippen LogP contribution in [0.15, 0.2) is 24.4 Å². The molecule has 6 heteroatoms. The maximum absolute atomic E-state index is 11.8. The van der Waals surface area contributed by atoms with Gasteiger partial charge in [0.1, 0.15) is 0 Å². The summed E-state index contributed by atoms with van der Waals surface area (Å²) in [6.07, 6.45) is 1.64. The lowest BCUT2D eigenvalue weighted by atomic mass is 10.3. The first-order valence-corrected chi connectivity index (χ1v) is 5.82. The van der Waals surface area contributed by atoms with Gasteiger partial charge in [-0.05, 0) is 12.1 Å². The minimum absolute atomic E-state index is 0.260. The number of ether oxygens (including phenoxy) is 1. The largest absolute Gasteiger partial charge is 0.378 e. The zero-order chi connectivity index (χ0) is 12.8. The van der Waals surface area contributed by atoms with E-state index in [9.17, 15) is 9.59 Å². The molecule has 1 fully saturated rings. The van der Waals surface area contributed by atoms with E-state index in [1.807, 2.05) is 6.07 Å². The van der Waals surface area contributed by atoms with E-state index in [0.717, 1.165) is 5.69 Å². The number of pyridine rings is 1. The van der Waals surface area contributed by atoms with Gasteiger partial charge in [-0.2, -0.15) is 0 Å². The zero-order valence-electron chi connectivity index (χ0n) is 9.96. The zero-order valence-corrected chi connectivity index (χ0v) is 9.96. The second-order valence-corrected chi connectivity index (χ2v) is 3.91. The van der Waals surface area contributed by atoms with Crippen LogP contribution in [-0.2, 0) is 20.9 Å². The topological polar surface area (TPSA) is 71.5 Å². The number of carbonyl (C=O) groups excluding carboxylic acids is 2. The van der Waals surface area contributed by atoms with Crippen LogP contribution in [0.3, 0.4) is 0 Å². The molecule has 18 heavy (non-hydrogen) atoms. The van der Waals surface area contributed by atoms with Gasteiger partial charge < -0.3 is 15.0 Å². The average molecular weight is 249 g/mol. The summed E-state index contributed by atoms with van der Waals surface area (Å²) >= 11 is 0. The van der Waals surface area contributed by atoms with Crippen molar-refractivity contribution >= 4 is 11.8 Å². The van der Waals surface area contributed by atoms with E-state index in [1.165, 1.54) is 4.90 Å². The lowest BCUT2D eigenvalue weighted by Gasteiger charge is -2.26. The molecular weight excluding hydrogens is 234 g/mol. The van der Waals surface area contributed by atoms with E-state index in [2.05, 4.69) is 10.3 Å². The summed E-state index contributed by atoms with van der Waals surface area (Å²) in [5, 5.41) is 2.56. The molecular formula is C12H15N3O3. The van der Waals surface area contributed by atoms with E-state index < -0.39 is 11.8 Å². The molecule has 2 rings (SSSR count). The van der Waals surface area contributed by atoms with Crippen LogP contribution in [0.2, 0.25) is 0 Å². The number of amides is 2. The molecule has 1 N–H and O–H groups in total.